The predicted molar refractivity (Wildman–Crippen MR) is 22.8 cm³/mol. The second kappa shape index (κ2) is 5.05. The Labute approximate surface area is 73.2 Å². The summed E-state index contributed by atoms with van der Waals surface area (Å²) in [5.74, 6) is 0. The van der Waals surface area contributed by atoms with Gasteiger partial charge in [-0.05, 0) is 9.05 Å². The predicted octanol–water partition coefficient (Wildman–Crippen LogP) is -0.0272. The van der Waals surface area contributed by atoms with E-state index in [-0.39, 0.29) is 37.7 Å². The summed E-state index contributed by atoms with van der Waals surface area (Å²) >= 11 is 0. The molecular weight excluding hydrogens is 173 g/mol. The van der Waals surface area contributed by atoms with E-state index in [2.05, 4.69) is 9.46 Å². The van der Waals surface area contributed by atoms with Crippen molar-refractivity contribution in [1.82, 2.24) is 0 Å². The van der Waals surface area contributed by atoms with Gasteiger partial charge in [-0.2, -0.15) is 0 Å². The molecule has 0 aliphatic rings. The van der Waals surface area contributed by atoms with E-state index >= 15 is 0 Å². The third-order valence-electron chi connectivity index (χ3n) is 0.174. The van der Waals surface area contributed by atoms with E-state index in [1.54, 1.807) is 0 Å². The third kappa shape index (κ3) is 5.37. The summed E-state index contributed by atoms with van der Waals surface area (Å²) in [5, 5.41) is 0. The molecule has 0 saturated carbocycles. The molecule has 0 bridgehead atoms. The van der Waals surface area contributed by atoms with Crippen LogP contribution in [0.25, 0.3) is 0 Å². The van der Waals surface area contributed by atoms with Crippen molar-refractivity contribution in [3.63, 3.8) is 0 Å². The van der Waals surface area contributed by atoms with Gasteiger partial charge in [-0.1, -0.05) is 9.46 Å². The third-order valence-corrected chi connectivity index (χ3v) is 0.523. The van der Waals surface area contributed by atoms with Crippen molar-refractivity contribution in [2.45, 2.75) is 0 Å². The summed E-state index contributed by atoms with van der Waals surface area (Å²) in [6, 6.07) is 0. The van der Waals surface area contributed by atoms with Gasteiger partial charge in [0.15, 0.2) is 0 Å². The van der Waals surface area contributed by atoms with Crippen LogP contribution < -0.4 is 0 Å². The molecule has 4 nitrogen and oxygen atoms in total. The quantitative estimate of drug-likeness (QED) is 0.474. The molecule has 0 aliphatic heterocycles. The minimum absolute atomic E-state index is 0. The Morgan fingerprint density at radius 2 is 1.62 bits per heavy atom. The van der Waals surface area contributed by atoms with Gasteiger partial charge in [0.2, 0.25) is 0 Å². The summed E-state index contributed by atoms with van der Waals surface area (Å²) in [5.41, 5.74) is 0. The van der Waals surface area contributed by atoms with Crippen LogP contribution in [0.2, 0.25) is 0 Å². The average molecular weight is 176 g/mol. The van der Waals surface area contributed by atoms with Crippen molar-refractivity contribution in [2.24, 2.45) is 0 Å². The fourth-order valence-electron chi connectivity index (χ4n) is 0.0106. The number of rotatable bonds is 2. The van der Waals surface area contributed by atoms with E-state index in [1.165, 1.54) is 0 Å². The van der Waals surface area contributed by atoms with E-state index in [0.717, 1.165) is 0 Å². The molecule has 48 valence electrons. The first-order valence-electron chi connectivity index (χ1n) is 1.06. The fourth-order valence-corrected chi connectivity index (χ4v) is 0.0319. The number of hydrogen-bond acceptors (Lipinski definition) is 3. The molecule has 0 amide bonds. The van der Waals surface area contributed by atoms with Gasteiger partial charge < -0.3 is 0 Å². The van der Waals surface area contributed by atoms with Gasteiger partial charge in [0, 0.05) is 0 Å². The monoisotopic (exact) mass is 176 g/mol. The molecule has 8 heteroatoms. The molecule has 0 aromatic heterocycles. The van der Waals surface area contributed by atoms with E-state index in [4.69, 9.17) is 4.89 Å². The summed E-state index contributed by atoms with van der Waals surface area (Å²) in [6.07, 6.45) is 0. The zero-order chi connectivity index (χ0) is 5.91. The van der Waals surface area contributed by atoms with Gasteiger partial charge in [0.1, 0.15) is 0 Å². The molecule has 0 rings (SSSR count). The SMILES string of the molecule is O=P(O)(OF)OF.[CaH2]. The van der Waals surface area contributed by atoms with Crippen LogP contribution in [-0.4, -0.2) is 42.6 Å². The van der Waals surface area contributed by atoms with Crippen LogP contribution in [0, 0.1) is 0 Å². The van der Waals surface area contributed by atoms with Crippen molar-refractivity contribution >= 4 is 45.6 Å². The second-order valence-corrected chi connectivity index (χ2v) is 1.82. The Balaban J connectivity index is 0. The summed E-state index contributed by atoms with van der Waals surface area (Å²) < 4.78 is 34.3. The topological polar surface area (TPSA) is 55.8 Å². The first-order valence-corrected chi connectivity index (χ1v) is 2.55. The first-order chi connectivity index (χ1) is 3.12. The average Bonchev–Trinajstić information content (AvgIpc) is 1.68. The van der Waals surface area contributed by atoms with Crippen molar-refractivity contribution in [3.05, 3.63) is 0 Å². The Morgan fingerprint density at radius 1 is 1.38 bits per heavy atom. The molecule has 1 N–H and O–H groups in total. The molecule has 8 heavy (non-hydrogen) atoms. The van der Waals surface area contributed by atoms with Crippen LogP contribution in [0.5, 0.6) is 0 Å². The fraction of sp³-hybridized carbons (Fsp3) is 0. The molecule has 0 aliphatic carbocycles. The maximum absolute atomic E-state index is 10.4. The molecule has 0 heterocycles. The Morgan fingerprint density at radius 3 is 1.62 bits per heavy atom. The van der Waals surface area contributed by atoms with Crippen molar-refractivity contribution in [2.75, 3.05) is 0 Å². The van der Waals surface area contributed by atoms with Crippen molar-refractivity contribution in [1.29, 1.82) is 0 Å². The first kappa shape index (κ1) is 12.0. The molecular formula is H3CaF2O4P. The molecule has 0 radical (unpaired) electrons. The van der Waals surface area contributed by atoms with E-state index < -0.39 is 7.82 Å². The maximum atomic E-state index is 10.4. The zero-order valence-corrected chi connectivity index (χ0v) is 3.77. The number of phosphoric acid groups is 1. The summed E-state index contributed by atoms with van der Waals surface area (Å²) in [7, 11) is -4.99. The molecule has 0 unspecified atom stereocenters. The molecule has 0 saturated heterocycles. The van der Waals surface area contributed by atoms with Crippen molar-refractivity contribution < 1.29 is 28.0 Å². The molecule has 0 spiro atoms. The van der Waals surface area contributed by atoms with Crippen LogP contribution in [0.4, 0.5) is 9.05 Å². The van der Waals surface area contributed by atoms with E-state index in [1.807, 2.05) is 0 Å². The Bertz CT molecular complexity index is 86.0. The van der Waals surface area contributed by atoms with Crippen LogP contribution >= 0.6 is 7.82 Å². The van der Waals surface area contributed by atoms with Gasteiger partial charge in [-0.3, -0.25) is 4.89 Å². The standard InChI is InChI=1S/Ca.F2HO4P.2H/c;1-5-7(3,4)6-2;;/h;(H,3,4);;. The van der Waals surface area contributed by atoms with Gasteiger partial charge in [-0.25, -0.2) is 4.57 Å². The Hall–Kier alpha value is 1.23. The summed E-state index contributed by atoms with van der Waals surface area (Å²) in [4.78, 5) is 7.49. The summed E-state index contributed by atoms with van der Waals surface area (Å²) in [6.45, 7) is 0. The van der Waals surface area contributed by atoms with Crippen LogP contribution in [0.3, 0.4) is 0 Å². The van der Waals surface area contributed by atoms with Gasteiger partial charge >= 0.3 is 45.6 Å². The van der Waals surface area contributed by atoms with Gasteiger partial charge in [-0.15, -0.1) is 0 Å². The van der Waals surface area contributed by atoms with Crippen LogP contribution in [0.15, 0.2) is 0 Å². The number of hydrogen-bond donors (Lipinski definition) is 1. The normalized spacial score (nSPS) is 10.4. The minimum atomic E-state index is -4.99. The van der Waals surface area contributed by atoms with Gasteiger partial charge in [0.05, 0.1) is 0 Å². The number of halogens is 2. The van der Waals surface area contributed by atoms with E-state index in [0.29, 0.717) is 0 Å². The van der Waals surface area contributed by atoms with Crippen LogP contribution in [-0.2, 0) is 14.0 Å². The second-order valence-electron chi connectivity index (χ2n) is 0.607. The van der Waals surface area contributed by atoms with Crippen LogP contribution in [0.1, 0.15) is 0 Å². The molecule has 0 aromatic rings. The molecule has 0 aromatic carbocycles. The van der Waals surface area contributed by atoms with E-state index in [9.17, 15) is 13.6 Å². The zero-order valence-electron chi connectivity index (χ0n) is 2.88. The Kier molecular flexibility index (Phi) is 7.55. The van der Waals surface area contributed by atoms with Gasteiger partial charge in [0.25, 0.3) is 0 Å². The molecule has 0 atom stereocenters. The molecule has 0 fully saturated rings. The van der Waals surface area contributed by atoms with Crippen molar-refractivity contribution in [3.8, 4) is 0 Å².